The van der Waals surface area contributed by atoms with Crippen LogP contribution < -0.4 is 0 Å². The number of allylic oxidation sites excluding steroid dienone is 2. The van der Waals surface area contributed by atoms with Crippen molar-refractivity contribution < 1.29 is 0 Å². The lowest BCUT2D eigenvalue weighted by Gasteiger charge is -2.45. The molecule has 2 aliphatic carbocycles. The van der Waals surface area contributed by atoms with Gasteiger partial charge < -0.3 is 9.80 Å². The van der Waals surface area contributed by atoms with Gasteiger partial charge in [-0.2, -0.15) is 0 Å². The SMILES string of the molecule is C[C@H]1CC2=C(C[C@@H]1CN1CCN(C)CC1)C(C)(C)CCC2. The highest BCUT2D eigenvalue weighted by atomic mass is 15.2. The molecule has 21 heavy (non-hydrogen) atoms. The second kappa shape index (κ2) is 6.04. The van der Waals surface area contributed by atoms with Crippen LogP contribution in [0, 0.1) is 17.3 Å². The van der Waals surface area contributed by atoms with Crippen molar-refractivity contribution >= 4 is 0 Å². The molecule has 0 N–H and O–H groups in total. The number of nitrogens with zero attached hydrogens (tertiary/aromatic N) is 2. The Kier molecular flexibility index (Phi) is 4.47. The third kappa shape index (κ3) is 3.37. The van der Waals surface area contributed by atoms with Gasteiger partial charge in [0.05, 0.1) is 0 Å². The molecular formula is C19H34N2. The van der Waals surface area contributed by atoms with Crippen LogP contribution in [-0.4, -0.2) is 49.6 Å². The van der Waals surface area contributed by atoms with Crippen LogP contribution in [0.2, 0.25) is 0 Å². The molecule has 0 amide bonds. The highest BCUT2D eigenvalue weighted by Gasteiger charge is 2.37. The van der Waals surface area contributed by atoms with E-state index in [2.05, 4.69) is 37.6 Å². The minimum absolute atomic E-state index is 0.480. The van der Waals surface area contributed by atoms with E-state index < -0.39 is 0 Å². The second-order valence-corrected chi connectivity index (χ2v) is 8.57. The Morgan fingerprint density at radius 1 is 1.10 bits per heavy atom. The standard InChI is InChI=1S/C19H34N2/c1-15-12-16-6-5-7-19(2,3)18(16)13-17(15)14-21-10-8-20(4)9-11-21/h15,17H,5-14H2,1-4H3/t15-,17+/m0/s1. The van der Waals surface area contributed by atoms with Gasteiger partial charge in [-0.05, 0) is 56.4 Å². The van der Waals surface area contributed by atoms with Crippen molar-refractivity contribution in [3.8, 4) is 0 Å². The van der Waals surface area contributed by atoms with Gasteiger partial charge in [-0.25, -0.2) is 0 Å². The van der Waals surface area contributed by atoms with Crippen molar-refractivity contribution in [2.45, 2.75) is 52.9 Å². The summed E-state index contributed by atoms with van der Waals surface area (Å²) in [7, 11) is 2.25. The van der Waals surface area contributed by atoms with Crippen LogP contribution in [-0.2, 0) is 0 Å². The number of likely N-dealkylation sites (N-methyl/N-ethyl adjacent to an activating group) is 1. The highest BCUT2D eigenvalue weighted by molar-refractivity contribution is 5.27. The second-order valence-electron chi connectivity index (χ2n) is 8.57. The molecule has 0 bridgehead atoms. The summed E-state index contributed by atoms with van der Waals surface area (Å²) in [4.78, 5) is 5.19. The summed E-state index contributed by atoms with van der Waals surface area (Å²) in [5, 5.41) is 0. The third-order valence-electron chi connectivity index (χ3n) is 6.45. The summed E-state index contributed by atoms with van der Waals surface area (Å²) in [6.45, 7) is 13.9. The molecule has 1 fully saturated rings. The predicted molar refractivity (Wildman–Crippen MR) is 90.5 cm³/mol. The summed E-state index contributed by atoms with van der Waals surface area (Å²) < 4.78 is 0. The van der Waals surface area contributed by atoms with E-state index in [1.54, 1.807) is 0 Å². The van der Waals surface area contributed by atoms with Crippen LogP contribution in [0.4, 0.5) is 0 Å². The van der Waals surface area contributed by atoms with E-state index in [9.17, 15) is 0 Å². The monoisotopic (exact) mass is 290 g/mol. The van der Waals surface area contributed by atoms with Crippen LogP contribution in [0.1, 0.15) is 52.9 Å². The summed E-state index contributed by atoms with van der Waals surface area (Å²) in [6.07, 6.45) is 6.99. The molecule has 0 saturated carbocycles. The lowest BCUT2D eigenvalue weighted by atomic mass is 9.63. The van der Waals surface area contributed by atoms with Crippen molar-refractivity contribution in [2.24, 2.45) is 17.3 Å². The summed E-state index contributed by atoms with van der Waals surface area (Å²) in [6, 6.07) is 0. The molecule has 1 heterocycles. The normalized spacial score (nSPS) is 34.9. The maximum Gasteiger partial charge on any atom is 0.0110 e. The number of hydrogen-bond donors (Lipinski definition) is 0. The molecule has 0 unspecified atom stereocenters. The fraction of sp³-hybridized carbons (Fsp3) is 0.895. The van der Waals surface area contributed by atoms with Gasteiger partial charge in [0, 0.05) is 32.7 Å². The molecule has 1 saturated heterocycles. The minimum Gasteiger partial charge on any atom is -0.304 e. The molecule has 1 aliphatic heterocycles. The number of rotatable bonds is 2. The largest absolute Gasteiger partial charge is 0.304 e. The lowest BCUT2D eigenvalue weighted by Crippen LogP contribution is -2.47. The van der Waals surface area contributed by atoms with Crippen LogP contribution in [0.15, 0.2) is 11.1 Å². The fourth-order valence-electron chi connectivity index (χ4n) is 4.80. The minimum atomic E-state index is 0.480. The van der Waals surface area contributed by atoms with E-state index >= 15 is 0 Å². The Morgan fingerprint density at radius 3 is 2.52 bits per heavy atom. The van der Waals surface area contributed by atoms with Crippen molar-refractivity contribution in [3.63, 3.8) is 0 Å². The molecule has 0 aromatic rings. The van der Waals surface area contributed by atoms with Gasteiger partial charge in [0.25, 0.3) is 0 Å². The Labute approximate surface area is 131 Å². The van der Waals surface area contributed by atoms with E-state index in [-0.39, 0.29) is 0 Å². The summed E-state index contributed by atoms with van der Waals surface area (Å²) >= 11 is 0. The maximum atomic E-state index is 2.72. The van der Waals surface area contributed by atoms with Gasteiger partial charge in [0.15, 0.2) is 0 Å². The average Bonchev–Trinajstić information content (AvgIpc) is 2.42. The van der Waals surface area contributed by atoms with Gasteiger partial charge in [-0.15, -0.1) is 0 Å². The van der Waals surface area contributed by atoms with Crippen LogP contribution in [0.5, 0.6) is 0 Å². The van der Waals surface area contributed by atoms with E-state index in [0.717, 1.165) is 11.8 Å². The molecule has 3 rings (SSSR count). The average molecular weight is 290 g/mol. The van der Waals surface area contributed by atoms with Crippen molar-refractivity contribution in [1.82, 2.24) is 9.80 Å². The zero-order chi connectivity index (χ0) is 15.0. The third-order valence-corrected chi connectivity index (χ3v) is 6.45. The summed E-state index contributed by atoms with van der Waals surface area (Å²) in [5.74, 6) is 1.78. The Morgan fingerprint density at radius 2 is 1.81 bits per heavy atom. The van der Waals surface area contributed by atoms with Crippen molar-refractivity contribution in [1.29, 1.82) is 0 Å². The first kappa shape index (κ1) is 15.6. The maximum absolute atomic E-state index is 2.72. The zero-order valence-electron chi connectivity index (χ0n) is 14.6. The number of hydrogen-bond acceptors (Lipinski definition) is 2. The van der Waals surface area contributed by atoms with Crippen LogP contribution >= 0.6 is 0 Å². The summed E-state index contributed by atoms with van der Waals surface area (Å²) in [5.41, 5.74) is 4.17. The van der Waals surface area contributed by atoms with E-state index in [0.29, 0.717) is 5.41 Å². The van der Waals surface area contributed by atoms with E-state index in [1.807, 2.05) is 11.1 Å². The molecule has 2 heteroatoms. The molecule has 3 aliphatic rings. The van der Waals surface area contributed by atoms with Gasteiger partial charge in [-0.1, -0.05) is 31.9 Å². The van der Waals surface area contributed by atoms with Gasteiger partial charge in [-0.3, -0.25) is 0 Å². The van der Waals surface area contributed by atoms with Crippen molar-refractivity contribution in [3.05, 3.63) is 11.1 Å². The highest BCUT2D eigenvalue weighted by Crippen LogP contribution is 2.49. The predicted octanol–water partition coefficient (Wildman–Crippen LogP) is 3.79. The first-order valence-corrected chi connectivity index (χ1v) is 9.08. The first-order valence-electron chi connectivity index (χ1n) is 9.08. The first-order chi connectivity index (χ1) is 9.95. The van der Waals surface area contributed by atoms with Gasteiger partial charge in [0.1, 0.15) is 0 Å². The Balaban J connectivity index is 1.66. The van der Waals surface area contributed by atoms with E-state index in [4.69, 9.17) is 0 Å². The molecule has 0 aromatic carbocycles. The molecule has 120 valence electrons. The van der Waals surface area contributed by atoms with Gasteiger partial charge in [0.2, 0.25) is 0 Å². The fourth-order valence-corrected chi connectivity index (χ4v) is 4.80. The molecule has 0 spiro atoms. The van der Waals surface area contributed by atoms with Crippen molar-refractivity contribution in [2.75, 3.05) is 39.8 Å². The molecule has 0 aromatic heterocycles. The molecule has 2 nitrogen and oxygen atoms in total. The topological polar surface area (TPSA) is 6.48 Å². The van der Waals surface area contributed by atoms with Gasteiger partial charge >= 0.3 is 0 Å². The van der Waals surface area contributed by atoms with Crippen LogP contribution in [0.3, 0.4) is 0 Å². The Hall–Kier alpha value is -0.340. The van der Waals surface area contributed by atoms with Crippen LogP contribution in [0.25, 0.3) is 0 Å². The quantitative estimate of drug-likeness (QED) is 0.714. The molecule has 2 atom stereocenters. The molecule has 0 radical (unpaired) electrons. The Bertz CT molecular complexity index is 402. The lowest BCUT2D eigenvalue weighted by molar-refractivity contribution is 0.114. The number of piperazine rings is 1. The van der Waals surface area contributed by atoms with E-state index in [1.165, 1.54) is 64.8 Å². The smallest absolute Gasteiger partial charge is 0.0110 e. The molecular weight excluding hydrogens is 256 g/mol. The zero-order valence-corrected chi connectivity index (χ0v) is 14.6.